The van der Waals surface area contributed by atoms with E-state index in [0.29, 0.717) is 24.5 Å². The zero-order valence-electron chi connectivity index (χ0n) is 13.5. The molecule has 24 heavy (non-hydrogen) atoms. The summed E-state index contributed by atoms with van der Waals surface area (Å²) in [5.74, 6) is -0.972. The summed E-state index contributed by atoms with van der Waals surface area (Å²) < 4.78 is 0. The summed E-state index contributed by atoms with van der Waals surface area (Å²) in [7, 11) is 0. The van der Waals surface area contributed by atoms with Crippen molar-refractivity contribution in [2.45, 2.75) is 37.6 Å². The average Bonchev–Trinajstić information content (AvgIpc) is 3.14. The number of benzene rings is 1. The van der Waals surface area contributed by atoms with Crippen molar-refractivity contribution in [3.63, 3.8) is 0 Å². The first-order chi connectivity index (χ1) is 11.0. The van der Waals surface area contributed by atoms with Crippen LogP contribution in [0.2, 0.25) is 5.02 Å². The molecule has 5 nitrogen and oxygen atoms in total. The quantitative estimate of drug-likeness (QED) is 0.798. The molecule has 1 atom stereocenters. The molecular formula is C17H23Cl2N3O2. The third kappa shape index (κ3) is 3.68. The highest BCUT2D eigenvalue weighted by atomic mass is 35.5. The molecule has 1 unspecified atom stereocenters. The average molecular weight is 372 g/mol. The number of nitrogens with one attached hydrogen (secondary N) is 1. The second-order valence-corrected chi connectivity index (χ2v) is 6.93. The van der Waals surface area contributed by atoms with Gasteiger partial charge in [0.15, 0.2) is 0 Å². The van der Waals surface area contributed by atoms with Crippen LogP contribution in [-0.2, 0) is 9.59 Å². The monoisotopic (exact) mass is 371 g/mol. The highest BCUT2D eigenvalue weighted by molar-refractivity contribution is 6.31. The summed E-state index contributed by atoms with van der Waals surface area (Å²) in [6.45, 7) is 0.963. The van der Waals surface area contributed by atoms with Gasteiger partial charge in [0, 0.05) is 23.8 Å². The minimum absolute atomic E-state index is 0. The molecule has 1 aliphatic heterocycles. The van der Waals surface area contributed by atoms with Gasteiger partial charge in [0.1, 0.15) is 5.92 Å². The Labute approximate surface area is 153 Å². The Morgan fingerprint density at radius 2 is 2.08 bits per heavy atom. The molecule has 0 radical (unpaired) electrons. The Kier molecular flexibility index (Phi) is 6.12. The van der Waals surface area contributed by atoms with E-state index in [2.05, 4.69) is 5.32 Å². The Morgan fingerprint density at radius 1 is 1.38 bits per heavy atom. The van der Waals surface area contributed by atoms with Gasteiger partial charge >= 0.3 is 0 Å². The van der Waals surface area contributed by atoms with Crippen LogP contribution in [0.1, 0.15) is 32.1 Å². The largest absolute Gasteiger partial charge is 0.349 e. The van der Waals surface area contributed by atoms with Crippen molar-refractivity contribution in [2.75, 3.05) is 18.0 Å². The maximum absolute atomic E-state index is 12.6. The third-order valence-electron chi connectivity index (χ3n) is 4.98. The van der Waals surface area contributed by atoms with Crippen LogP contribution in [0, 0.1) is 5.92 Å². The molecule has 1 heterocycles. The fourth-order valence-corrected chi connectivity index (χ4v) is 3.79. The molecule has 2 aliphatic rings. The minimum Gasteiger partial charge on any atom is -0.349 e. The van der Waals surface area contributed by atoms with Gasteiger partial charge in [0.05, 0.1) is 5.54 Å². The smallest absolute Gasteiger partial charge is 0.239 e. The number of nitrogens with zero attached hydrogens (tertiary/aromatic N) is 1. The normalized spacial score (nSPS) is 22.3. The van der Waals surface area contributed by atoms with Crippen molar-refractivity contribution in [1.29, 1.82) is 0 Å². The summed E-state index contributed by atoms with van der Waals surface area (Å²) in [6.07, 6.45) is 4.47. The molecule has 2 amide bonds. The van der Waals surface area contributed by atoms with Crippen molar-refractivity contribution >= 4 is 41.5 Å². The van der Waals surface area contributed by atoms with Crippen molar-refractivity contribution in [1.82, 2.24) is 5.32 Å². The van der Waals surface area contributed by atoms with E-state index in [0.717, 1.165) is 31.4 Å². The molecule has 7 heteroatoms. The molecule has 1 saturated heterocycles. The Balaban J connectivity index is 0.00000208. The molecule has 1 aromatic rings. The summed E-state index contributed by atoms with van der Waals surface area (Å²) in [4.78, 5) is 26.8. The van der Waals surface area contributed by atoms with E-state index in [1.807, 2.05) is 6.07 Å². The lowest BCUT2D eigenvalue weighted by Gasteiger charge is -2.29. The fraction of sp³-hybridized carbons (Fsp3) is 0.529. The van der Waals surface area contributed by atoms with Gasteiger partial charge in [-0.05, 0) is 37.5 Å². The van der Waals surface area contributed by atoms with E-state index in [4.69, 9.17) is 17.3 Å². The van der Waals surface area contributed by atoms with Crippen molar-refractivity contribution in [2.24, 2.45) is 11.7 Å². The maximum Gasteiger partial charge on any atom is 0.239 e. The molecule has 1 saturated carbocycles. The lowest BCUT2D eigenvalue weighted by molar-refractivity contribution is -0.133. The molecule has 0 spiro atoms. The first kappa shape index (κ1) is 19.0. The van der Waals surface area contributed by atoms with Gasteiger partial charge in [-0.3, -0.25) is 9.59 Å². The summed E-state index contributed by atoms with van der Waals surface area (Å²) in [5.41, 5.74) is 6.28. The van der Waals surface area contributed by atoms with Crippen LogP contribution in [0.15, 0.2) is 24.3 Å². The molecule has 132 valence electrons. The van der Waals surface area contributed by atoms with Crippen LogP contribution in [-0.4, -0.2) is 30.4 Å². The second-order valence-electron chi connectivity index (χ2n) is 6.49. The van der Waals surface area contributed by atoms with Gasteiger partial charge in [-0.15, -0.1) is 12.4 Å². The van der Waals surface area contributed by atoms with Crippen LogP contribution >= 0.6 is 24.0 Å². The van der Waals surface area contributed by atoms with Gasteiger partial charge in [-0.2, -0.15) is 0 Å². The standard InChI is InChI=1S/C17H22ClN3O2.ClH/c18-12-4-3-5-13(10-12)21-9-6-14(16(21)23)15(22)20-17(11-19)7-1-2-8-17;/h3-5,10,14H,1-2,6-9,11,19H2,(H,20,22);1H. The number of rotatable bonds is 4. The second kappa shape index (κ2) is 7.72. The van der Waals surface area contributed by atoms with Crippen molar-refractivity contribution < 1.29 is 9.59 Å². The molecule has 2 fully saturated rings. The summed E-state index contributed by atoms with van der Waals surface area (Å²) in [5, 5.41) is 3.64. The molecule has 1 aromatic carbocycles. The van der Waals surface area contributed by atoms with E-state index in [1.54, 1.807) is 23.1 Å². The van der Waals surface area contributed by atoms with Crippen LogP contribution in [0.4, 0.5) is 5.69 Å². The first-order valence-electron chi connectivity index (χ1n) is 8.14. The zero-order chi connectivity index (χ0) is 16.4. The van der Waals surface area contributed by atoms with Crippen molar-refractivity contribution in [3.05, 3.63) is 29.3 Å². The number of carbonyl (C=O) groups is 2. The summed E-state index contributed by atoms with van der Waals surface area (Å²) in [6, 6.07) is 7.15. The number of carbonyl (C=O) groups excluding carboxylic acids is 2. The highest BCUT2D eigenvalue weighted by Crippen LogP contribution is 2.31. The van der Waals surface area contributed by atoms with Gasteiger partial charge in [0.25, 0.3) is 0 Å². The van der Waals surface area contributed by atoms with E-state index in [-0.39, 0.29) is 29.8 Å². The molecule has 1 aliphatic carbocycles. The number of hydrogen-bond donors (Lipinski definition) is 2. The van der Waals surface area contributed by atoms with E-state index >= 15 is 0 Å². The van der Waals surface area contributed by atoms with E-state index < -0.39 is 5.92 Å². The zero-order valence-corrected chi connectivity index (χ0v) is 15.0. The van der Waals surface area contributed by atoms with Crippen LogP contribution in [0.3, 0.4) is 0 Å². The summed E-state index contributed by atoms with van der Waals surface area (Å²) >= 11 is 5.99. The van der Waals surface area contributed by atoms with Gasteiger partial charge in [-0.1, -0.05) is 30.5 Å². The Morgan fingerprint density at radius 3 is 2.71 bits per heavy atom. The van der Waals surface area contributed by atoms with Crippen LogP contribution in [0.25, 0.3) is 0 Å². The Bertz CT molecular complexity index is 618. The molecule has 3 rings (SSSR count). The topological polar surface area (TPSA) is 75.4 Å². The molecular weight excluding hydrogens is 349 g/mol. The predicted molar refractivity (Wildman–Crippen MR) is 97.6 cm³/mol. The van der Waals surface area contributed by atoms with Gasteiger partial charge in [-0.25, -0.2) is 0 Å². The SMILES string of the molecule is Cl.NCC1(NC(=O)C2CCN(c3cccc(Cl)c3)C2=O)CCCC1. The molecule has 0 bridgehead atoms. The maximum atomic E-state index is 12.6. The lowest BCUT2D eigenvalue weighted by Crippen LogP contribution is -2.54. The van der Waals surface area contributed by atoms with Gasteiger partial charge < -0.3 is 16.0 Å². The lowest BCUT2D eigenvalue weighted by atomic mass is 9.96. The van der Waals surface area contributed by atoms with E-state index in [9.17, 15) is 9.59 Å². The van der Waals surface area contributed by atoms with Crippen LogP contribution < -0.4 is 16.0 Å². The molecule has 3 N–H and O–H groups in total. The van der Waals surface area contributed by atoms with E-state index in [1.165, 1.54) is 0 Å². The number of nitrogens with two attached hydrogens (primary N) is 1. The third-order valence-corrected chi connectivity index (χ3v) is 5.22. The minimum atomic E-state index is -0.627. The Hall–Kier alpha value is -1.30. The first-order valence-corrected chi connectivity index (χ1v) is 8.51. The van der Waals surface area contributed by atoms with Crippen LogP contribution in [0.5, 0.6) is 0 Å². The van der Waals surface area contributed by atoms with Gasteiger partial charge in [0.2, 0.25) is 11.8 Å². The predicted octanol–water partition coefficient (Wildman–Crippen LogP) is 2.50. The fourth-order valence-electron chi connectivity index (χ4n) is 3.60. The number of amides is 2. The highest BCUT2D eigenvalue weighted by Gasteiger charge is 2.41. The number of halogens is 2. The molecule has 0 aromatic heterocycles. The number of hydrogen-bond acceptors (Lipinski definition) is 3. The number of anilines is 1. The van der Waals surface area contributed by atoms with Crippen molar-refractivity contribution in [3.8, 4) is 0 Å².